The summed E-state index contributed by atoms with van der Waals surface area (Å²) < 4.78 is 11.2. The topological polar surface area (TPSA) is 95.8 Å². The first-order valence-electron chi connectivity index (χ1n) is 11.0. The van der Waals surface area contributed by atoms with Crippen LogP contribution in [0.15, 0.2) is 58.2 Å². The molecule has 7 nitrogen and oxygen atoms in total. The molecular formula is C26H23ClN2O5. The van der Waals surface area contributed by atoms with Crippen molar-refractivity contribution in [2.24, 2.45) is 0 Å². The fourth-order valence-corrected chi connectivity index (χ4v) is 5.01. The van der Waals surface area contributed by atoms with Gasteiger partial charge in [-0.25, -0.2) is 0 Å². The molecule has 1 atom stereocenters. The predicted molar refractivity (Wildman–Crippen MR) is 130 cm³/mol. The number of benzene rings is 2. The Morgan fingerprint density at radius 3 is 2.76 bits per heavy atom. The van der Waals surface area contributed by atoms with Gasteiger partial charge >= 0.3 is 0 Å². The summed E-state index contributed by atoms with van der Waals surface area (Å²) >= 11 is 6.17. The first kappa shape index (κ1) is 22.1. The molecular weight excluding hydrogens is 456 g/mol. The number of furan rings is 1. The number of H-pyrrole nitrogens is 1. The van der Waals surface area contributed by atoms with Crippen LogP contribution in [0.2, 0.25) is 5.02 Å². The fourth-order valence-electron chi connectivity index (χ4n) is 4.79. The van der Waals surface area contributed by atoms with E-state index in [9.17, 15) is 14.7 Å². The molecule has 34 heavy (non-hydrogen) atoms. The van der Waals surface area contributed by atoms with Crippen LogP contribution in [0.3, 0.4) is 0 Å². The molecule has 0 fully saturated rings. The van der Waals surface area contributed by atoms with Gasteiger partial charge in [-0.3, -0.25) is 9.59 Å². The van der Waals surface area contributed by atoms with E-state index in [-0.39, 0.29) is 11.3 Å². The Morgan fingerprint density at radius 2 is 2.03 bits per heavy atom. The number of aromatic nitrogens is 1. The van der Waals surface area contributed by atoms with E-state index in [1.165, 1.54) is 7.11 Å². The molecule has 174 valence electrons. The highest BCUT2D eigenvalue weighted by Gasteiger charge is 2.45. The third-order valence-electron chi connectivity index (χ3n) is 6.22. The Hall–Kier alpha value is -3.71. The van der Waals surface area contributed by atoms with Gasteiger partial charge in [-0.2, -0.15) is 0 Å². The van der Waals surface area contributed by atoms with Gasteiger partial charge < -0.3 is 24.1 Å². The van der Waals surface area contributed by atoms with E-state index in [4.69, 9.17) is 20.8 Å². The van der Waals surface area contributed by atoms with Crippen molar-refractivity contribution in [3.63, 3.8) is 0 Å². The molecule has 2 aromatic heterocycles. The second-order valence-electron chi connectivity index (χ2n) is 8.34. The van der Waals surface area contributed by atoms with Gasteiger partial charge in [-0.15, -0.1) is 0 Å². The maximum atomic E-state index is 13.8. The molecule has 2 aromatic carbocycles. The van der Waals surface area contributed by atoms with Crippen LogP contribution in [0, 0.1) is 6.92 Å². The smallest absolute Gasteiger partial charge is 0.290 e. The fraction of sp³-hybridized carbons (Fsp3) is 0.231. The largest absolute Gasteiger partial charge is 0.503 e. The number of fused-ring (bicyclic) bond motifs is 2. The Morgan fingerprint density at radius 1 is 1.26 bits per heavy atom. The van der Waals surface area contributed by atoms with E-state index >= 15 is 0 Å². The molecule has 8 heteroatoms. The molecule has 2 N–H and O–H groups in total. The van der Waals surface area contributed by atoms with Crippen molar-refractivity contribution in [1.82, 2.24) is 9.88 Å². The predicted octanol–water partition coefficient (Wildman–Crippen LogP) is 5.87. The number of aryl methyl sites for hydroxylation is 1. The molecule has 0 aliphatic carbocycles. The summed E-state index contributed by atoms with van der Waals surface area (Å²) in [6.07, 6.45) is 0.665. The summed E-state index contributed by atoms with van der Waals surface area (Å²) in [7, 11) is 1.48. The number of rotatable bonds is 6. The van der Waals surface area contributed by atoms with Crippen molar-refractivity contribution >= 4 is 45.2 Å². The average molecular weight is 479 g/mol. The minimum atomic E-state index is -0.755. The third-order valence-corrected chi connectivity index (χ3v) is 6.44. The zero-order chi connectivity index (χ0) is 24.1. The first-order chi connectivity index (χ1) is 16.3. The number of aliphatic hydroxyl groups excluding tert-OH is 1. The van der Waals surface area contributed by atoms with Crippen LogP contribution in [0.1, 0.15) is 41.2 Å². The molecule has 3 heterocycles. The van der Waals surface area contributed by atoms with Gasteiger partial charge in [-0.1, -0.05) is 36.7 Å². The Balaban J connectivity index is 1.69. The summed E-state index contributed by atoms with van der Waals surface area (Å²) in [6.45, 7) is 4.22. The summed E-state index contributed by atoms with van der Waals surface area (Å²) in [5, 5.41) is 12.8. The van der Waals surface area contributed by atoms with Crippen LogP contribution in [-0.2, 0) is 4.79 Å². The van der Waals surface area contributed by atoms with Crippen molar-refractivity contribution in [2.45, 2.75) is 26.3 Å². The van der Waals surface area contributed by atoms with Gasteiger partial charge in [0.05, 0.1) is 18.7 Å². The van der Waals surface area contributed by atoms with E-state index in [1.807, 2.05) is 38.1 Å². The number of halogens is 1. The van der Waals surface area contributed by atoms with Crippen LogP contribution >= 0.6 is 11.6 Å². The molecule has 1 unspecified atom stereocenters. The third kappa shape index (κ3) is 3.27. The zero-order valence-electron chi connectivity index (χ0n) is 18.9. The maximum absolute atomic E-state index is 13.8. The maximum Gasteiger partial charge on any atom is 0.290 e. The van der Waals surface area contributed by atoms with Crippen LogP contribution in [-0.4, -0.2) is 40.3 Å². The number of Topliss-reactive ketones (excluding diaryl/α,β-unsaturated/α-hetero) is 1. The van der Waals surface area contributed by atoms with Gasteiger partial charge in [0.2, 0.25) is 5.78 Å². The number of amides is 1. The van der Waals surface area contributed by atoms with E-state index in [0.29, 0.717) is 34.7 Å². The minimum absolute atomic E-state index is 0.00424. The Bertz CT molecular complexity index is 1500. The van der Waals surface area contributed by atoms with Crippen molar-refractivity contribution in [3.8, 4) is 5.75 Å². The number of aliphatic hydroxyl groups is 1. The molecule has 0 radical (unpaired) electrons. The Kier molecular flexibility index (Phi) is 5.37. The molecule has 1 aliphatic heterocycles. The molecule has 0 saturated heterocycles. The highest BCUT2D eigenvalue weighted by molar-refractivity contribution is 6.31. The number of methoxy groups -OCH3 is 1. The lowest BCUT2D eigenvalue weighted by Gasteiger charge is -2.26. The lowest BCUT2D eigenvalue weighted by atomic mass is 9.93. The number of carbonyl (C=O) groups excluding carboxylic acids is 2. The quantitative estimate of drug-likeness (QED) is 0.338. The van der Waals surface area contributed by atoms with Crippen molar-refractivity contribution in [3.05, 3.63) is 75.8 Å². The van der Waals surface area contributed by atoms with Gasteiger partial charge in [0.1, 0.15) is 0 Å². The highest BCUT2D eigenvalue weighted by Crippen LogP contribution is 2.44. The summed E-state index contributed by atoms with van der Waals surface area (Å²) in [5.74, 6) is -1.31. The second-order valence-corrected chi connectivity index (χ2v) is 8.78. The number of aromatic amines is 1. The molecule has 1 amide bonds. The van der Waals surface area contributed by atoms with Gasteiger partial charge in [0.25, 0.3) is 5.91 Å². The average Bonchev–Trinajstić information content (AvgIpc) is 3.46. The molecule has 5 rings (SSSR count). The standard InChI is InChI=1S/C26H23ClN2O5/c1-4-9-29-22(20-13(2)28-17-8-6-5-7-16(17)20)21(24(31)26(29)32)23(30)18-11-14-10-15(27)12-19(33-3)25(14)34-18/h5-8,10-12,22,28,31H,4,9H2,1-3H3. The van der Waals surface area contributed by atoms with Crippen molar-refractivity contribution in [1.29, 1.82) is 0 Å². The SMILES string of the molecule is CCCN1C(=O)C(O)=C(C(=O)c2cc3cc(Cl)cc(OC)c3o2)C1c1c(C)[nH]c2ccccc12. The van der Waals surface area contributed by atoms with Crippen LogP contribution < -0.4 is 4.74 Å². The molecule has 0 bridgehead atoms. The van der Waals surface area contributed by atoms with E-state index in [1.54, 1.807) is 23.1 Å². The monoisotopic (exact) mass is 478 g/mol. The van der Waals surface area contributed by atoms with Crippen LogP contribution in [0.4, 0.5) is 0 Å². The summed E-state index contributed by atoms with van der Waals surface area (Å²) in [4.78, 5) is 31.8. The van der Waals surface area contributed by atoms with Crippen molar-refractivity contribution in [2.75, 3.05) is 13.7 Å². The zero-order valence-corrected chi connectivity index (χ0v) is 19.7. The minimum Gasteiger partial charge on any atom is -0.503 e. The Labute approximate surface area is 200 Å². The summed E-state index contributed by atoms with van der Waals surface area (Å²) in [5.41, 5.74) is 2.85. The van der Waals surface area contributed by atoms with Crippen molar-refractivity contribution < 1.29 is 23.8 Å². The number of carbonyl (C=O) groups is 2. The van der Waals surface area contributed by atoms with E-state index in [2.05, 4.69) is 4.98 Å². The number of nitrogens with zero attached hydrogens (tertiary/aromatic N) is 1. The first-order valence-corrected chi connectivity index (χ1v) is 11.4. The number of ketones is 1. The second kappa shape index (κ2) is 8.25. The lowest BCUT2D eigenvalue weighted by Crippen LogP contribution is -2.32. The number of ether oxygens (including phenoxy) is 1. The van der Waals surface area contributed by atoms with E-state index < -0.39 is 23.5 Å². The molecule has 4 aromatic rings. The molecule has 0 spiro atoms. The van der Waals surface area contributed by atoms with Crippen LogP contribution in [0.25, 0.3) is 21.9 Å². The number of hydrogen-bond acceptors (Lipinski definition) is 5. The summed E-state index contributed by atoms with van der Waals surface area (Å²) in [6, 6.07) is 11.8. The van der Waals surface area contributed by atoms with Gasteiger partial charge in [-0.05, 0) is 31.5 Å². The highest BCUT2D eigenvalue weighted by atomic mass is 35.5. The van der Waals surface area contributed by atoms with E-state index in [0.717, 1.165) is 22.2 Å². The lowest BCUT2D eigenvalue weighted by molar-refractivity contribution is -0.129. The molecule has 1 aliphatic rings. The normalized spacial score (nSPS) is 16.3. The van der Waals surface area contributed by atoms with Gasteiger partial charge in [0, 0.05) is 45.2 Å². The molecule has 0 saturated carbocycles. The number of nitrogens with one attached hydrogen (secondary N) is 1. The van der Waals surface area contributed by atoms with Crippen LogP contribution in [0.5, 0.6) is 5.75 Å². The number of para-hydroxylation sites is 1. The van der Waals surface area contributed by atoms with Gasteiger partial charge in [0.15, 0.2) is 22.9 Å². The number of hydrogen-bond donors (Lipinski definition) is 2.